The van der Waals surface area contributed by atoms with Gasteiger partial charge in [0, 0.05) is 36.6 Å². The molecule has 0 saturated heterocycles. The smallest absolute Gasteiger partial charge is 0.357 e. The molecule has 2 aromatic rings. The molecule has 0 aliphatic heterocycles. The van der Waals surface area contributed by atoms with Crippen molar-refractivity contribution in [2.75, 3.05) is 13.2 Å². The number of rotatable bonds is 8. The second kappa shape index (κ2) is 9.15. The number of hydrogen-bond donors (Lipinski definition) is 1. The van der Waals surface area contributed by atoms with Gasteiger partial charge >= 0.3 is 5.97 Å². The van der Waals surface area contributed by atoms with Crippen LogP contribution >= 0.6 is 22.7 Å². The van der Waals surface area contributed by atoms with Crippen molar-refractivity contribution in [1.82, 2.24) is 15.3 Å². The van der Waals surface area contributed by atoms with Gasteiger partial charge in [0.1, 0.15) is 10.7 Å². The van der Waals surface area contributed by atoms with Gasteiger partial charge in [-0.15, -0.1) is 35.0 Å². The van der Waals surface area contributed by atoms with Crippen molar-refractivity contribution in [3.8, 4) is 23.0 Å². The number of carbonyl (C=O) groups is 2. The number of carbonyl (C=O) groups excluding carboxylic acids is 2. The van der Waals surface area contributed by atoms with E-state index >= 15 is 0 Å². The summed E-state index contributed by atoms with van der Waals surface area (Å²) in [5.74, 6) is 1.96. The molecule has 0 saturated carbocycles. The molecule has 2 rings (SSSR count). The Morgan fingerprint density at radius 3 is 2.92 bits per heavy atom. The molecule has 2 aromatic heterocycles. The first-order chi connectivity index (χ1) is 11.6. The highest BCUT2D eigenvalue weighted by molar-refractivity contribution is 7.14. The molecule has 126 valence electrons. The lowest BCUT2D eigenvalue weighted by Gasteiger charge is -2.01. The summed E-state index contributed by atoms with van der Waals surface area (Å²) in [7, 11) is 0. The number of terminal acetylenes is 1. The molecule has 0 aromatic carbocycles. The summed E-state index contributed by atoms with van der Waals surface area (Å²) in [4.78, 5) is 31.8. The Hall–Kier alpha value is -2.24. The molecule has 1 N–H and O–H groups in total. The van der Waals surface area contributed by atoms with Crippen molar-refractivity contribution >= 4 is 34.6 Å². The number of hydrogen-bond acceptors (Lipinski definition) is 7. The topological polar surface area (TPSA) is 81.2 Å². The van der Waals surface area contributed by atoms with Crippen LogP contribution in [0.15, 0.2) is 10.8 Å². The van der Waals surface area contributed by atoms with E-state index in [-0.39, 0.29) is 5.91 Å². The average Bonchev–Trinajstić information content (AvgIpc) is 3.22. The summed E-state index contributed by atoms with van der Waals surface area (Å²) < 4.78 is 4.92. The second-order valence-electron chi connectivity index (χ2n) is 4.69. The van der Waals surface area contributed by atoms with E-state index in [0.29, 0.717) is 43.1 Å². The highest BCUT2D eigenvalue weighted by atomic mass is 32.1. The van der Waals surface area contributed by atoms with Crippen LogP contribution in [0.1, 0.15) is 35.3 Å². The van der Waals surface area contributed by atoms with Crippen LogP contribution < -0.4 is 5.32 Å². The van der Waals surface area contributed by atoms with E-state index in [4.69, 9.17) is 11.2 Å². The lowest BCUT2D eigenvalue weighted by atomic mass is 10.3. The summed E-state index contributed by atoms with van der Waals surface area (Å²) in [5, 5.41) is 7.94. The number of nitrogens with one attached hydrogen (secondary N) is 1. The van der Waals surface area contributed by atoms with Gasteiger partial charge in [-0.3, -0.25) is 4.79 Å². The standard InChI is InChI=1S/C16H17N3O3S2/c1-3-5-6-13(20)17-8-7-14-18-11(9-23-14)15-19-12(10-24-15)16(21)22-4-2/h1,9-10H,4-8H2,2H3,(H,17,20). The second-order valence-corrected chi connectivity index (χ2v) is 6.49. The first-order valence-electron chi connectivity index (χ1n) is 7.41. The zero-order chi connectivity index (χ0) is 17.4. The number of aromatic nitrogens is 2. The Bertz CT molecular complexity index is 746. The van der Waals surface area contributed by atoms with Crippen molar-refractivity contribution in [1.29, 1.82) is 0 Å². The van der Waals surface area contributed by atoms with Crippen LogP contribution in [0, 0.1) is 12.3 Å². The molecule has 0 radical (unpaired) electrons. The van der Waals surface area contributed by atoms with Crippen LogP contribution in [-0.2, 0) is 16.0 Å². The minimum Gasteiger partial charge on any atom is -0.461 e. The predicted octanol–water partition coefficient (Wildman–Crippen LogP) is 2.52. The molecular weight excluding hydrogens is 346 g/mol. The van der Waals surface area contributed by atoms with Crippen LogP contribution in [0.2, 0.25) is 0 Å². The third-order valence-corrected chi connectivity index (χ3v) is 4.69. The molecule has 0 spiro atoms. The van der Waals surface area contributed by atoms with Crippen LogP contribution in [-0.4, -0.2) is 35.0 Å². The highest BCUT2D eigenvalue weighted by Gasteiger charge is 2.14. The van der Waals surface area contributed by atoms with Gasteiger partial charge in [-0.2, -0.15) is 0 Å². The summed E-state index contributed by atoms with van der Waals surface area (Å²) in [5.41, 5.74) is 1.03. The molecule has 2 heterocycles. The van der Waals surface area contributed by atoms with Gasteiger partial charge in [0.25, 0.3) is 0 Å². The third-order valence-electron chi connectivity index (χ3n) is 2.92. The zero-order valence-electron chi connectivity index (χ0n) is 13.2. The lowest BCUT2D eigenvalue weighted by molar-refractivity contribution is -0.120. The van der Waals surface area contributed by atoms with E-state index in [1.54, 1.807) is 12.3 Å². The highest BCUT2D eigenvalue weighted by Crippen LogP contribution is 2.25. The van der Waals surface area contributed by atoms with E-state index in [2.05, 4.69) is 21.2 Å². The van der Waals surface area contributed by atoms with Crippen LogP contribution in [0.4, 0.5) is 0 Å². The van der Waals surface area contributed by atoms with Crippen LogP contribution in [0.3, 0.4) is 0 Å². The largest absolute Gasteiger partial charge is 0.461 e. The Kier molecular flexibility index (Phi) is 6.90. The average molecular weight is 363 g/mol. The number of nitrogens with zero attached hydrogens (tertiary/aromatic N) is 2. The predicted molar refractivity (Wildman–Crippen MR) is 94.0 cm³/mol. The lowest BCUT2D eigenvalue weighted by Crippen LogP contribution is -2.25. The van der Waals surface area contributed by atoms with Gasteiger partial charge in [-0.25, -0.2) is 14.8 Å². The normalized spacial score (nSPS) is 10.2. The molecular formula is C16H17N3O3S2. The fourth-order valence-electron chi connectivity index (χ4n) is 1.80. The molecule has 0 aliphatic rings. The third kappa shape index (κ3) is 5.15. The van der Waals surface area contributed by atoms with Crippen molar-refractivity contribution in [2.45, 2.75) is 26.2 Å². The van der Waals surface area contributed by atoms with E-state index in [0.717, 1.165) is 10.7 Å². The Morgan fingerprint density at radius 2 is 2.17 bits per heavy atom. The summed E-state index contributed by atoms with van der Waals surface area (Å²) in [6.07, 6.45) is 6.55. The van der Waals surface area contributed by atoms with Gasteiger partial charge in [-0.05, 0) is 6.92 Å². The molecule has 6 nitrogen and oxygen atoms in total. The van der Waals surface area contributed by atoms with E-state index in [1.807, 2.05) is 5.38 Å². The maximum absolute atomic E-state index is 11.6. The summed E-state index contributed by atoms with van der Waals surface area (Å²) in [6.45, 7) is 2.59. The fourth-order valence-corrected chi connectivity index (χ4v) is 3.40. The van der Waals surface area contributed by atoms with Crippen molar-refractivity contribution in [2.24, 2.45) is 0 Å². The number of esters is 1. The Labute approximate surface area is 148 Å². The van der Waals surface area contributed by atoms with Crippen LogP contribution in [0.25, 0.3) is 10.7 Å². The molecule has 0 bridgehead atoms. The molecule has 0 unspecified atom stereocenters. The molecule has 0 atom stereocenters. The maximum atomic E-state index is 11.6. The molecule has 24 heavy (non-hydrogen) atoms. The molecule has 0 fully saturated rings. The van der Waals surface area contributed by atoms with E-state index in [9.17, 15) is 9.59 Å². The Balaban J connectivity index is 1.88. The number of thiazole rings is 2. The first-order valence-corrected chi connectivity index (χ1v) is 9.17. The molecule has 1 amide bonds. The SMILES string of the molecule is C#CCCC(=O)NCCc1nc(-c2nc(C(=O)OCC)cs2)cs1. The molecule has 8 heteroatoms. The van der Waals surface area contributed by atoms with Crippen molar-refractivity contribution in [3.05, 3.63) is 21.5 Å². The van der Waals surface area contributed by atoms with Crippen molar-refractivity contribution < 1.29 is 14.3 Å². The van der Waals surface area contributed by atoms with Crippen molar-refractivity contribution in [3.63, 3.8) is 0 Å². The van der Waals surface area contributed by atoms with Crippen LogP contribution in [0.5, 0.6) is 0 Å². The molecule has 0 aliphatic carbocycles. The maximum Gasteiger partial charge on any atom is 0.357 e. The minimum absolute atomic E-state index is 0.0521. The van der Waals surface area contributed by atoms with E-state index in [1.165, 1.54) is 22.7 Å². The Morgan fingerprint density at radius 1 is 1.33 bits per heavy atom. The summed E-state index contributed by atoms with van der Waals surface area (Å²) in [6, 6.07) is 0. The van der Waals surface area contributed by atoms with Gasteiger partial charge in [-0.1, -0.05) is 0 Å². The minimum atomic E-state index is -0.426. The van der Waals surface area contributed by atoms with Gasteiger partial charge < -0.3 is 10.1 Å². The summed E-state index contributed by atoms with van der Waals surface area (Å²) >= 11 is 2.85. The van der Waals surface area contributed by atoms with Gasteiger partial charge in [0.15, 0.2) is 5.69 Å². The zero-order valence-corrected chi connectivity index (χ0v) is 14.8. The first kappa shape index (κ1) is 18.1. The number of ether oxygens (including phenoxy) is 1. The quantitative estimate of drug-likeness (QED) is 0.576. The number of amides is 1. The van der Waals surface area contributed by atoms with E-state index < -0.39 is 5.97 Å². The van der Waals surface area contributed by atoms with Gasteiger partial charge in [0.05, 0.1) is 11.6 Å². The monoisotopic (exact) mass is 363 g/mol. The fraction of sp³-hybridized carbons (Fsp3) is 0.375. The van der Waals surface area contributed by atoms with Gasteiger partial charge in [0.2, 0.25) is 5.91 Å².